The lowest BCUT2D eigenvalue weighted by Crippen LogP contribution is -2.25. The molecule has 140 valence electrons. The van der Waals surface area contributed by atoms with E-state index in [1.807, 2.05) is 0 Å². The van der Waals surface area contributed by atoms with Gasteiger partial charge in [0.1, 0.15) is 11.6 Å². The molecule has 3 rings (SSSR count). The third-order valence-electron chi connectivity index (χ3n) is 4.12. The average molecular weight is 400 g/mol. The summed E-state index contributed by atoms with van der Waals surface area (Å²) in [6.07, 6.45) is -1.68. The van der Waals surface area contributed by atoms with E-state index >= 15 is 0 Å². The molecule has 0 amide bonds. The largest absolute Gasteiger partial charge is 0.501 e. The Kier molecular flexibility index (Phi) is 4.19. The Bertz CT molecular complexity index is 1180. The number of hydrogen-bond acceptors (Lipinski definition) is 5. The highest BCUT2D eigenvalue weighted by Crippen LogP contribution is 2.41. The monoisotopic (exact) mass is 400 g/mol. The maximum absolute atomic E-state index is 13.9. The summed E-state index contributed by atoms with van der Waals surface area (Å²) in [5, 5.41) is 8.92. The number of ketones is 1. The van der Waals surface area contributed by atoms with Crippen molar-refractivity contribution in [1.82, 2.24) is 4.98 Å². The first-order chi connectivity index (χ1) is 12.5. The highest BCUT2D eigenvalue weighted by Gasteiger charge is 2.50. The van der Waals surface area contributed by atoms with Gasteiger partial charge in [-0.2, -0.15) is 18.4 Å². The summed E-state index contributed by atoms with van der Waals surface area (Å²) in [4.78, 5) is 24.4. The first-order valence-corrected chi connectivity index (χ1v) is 8.76. The SMILES string of the molecule is N#Cc1cc(-c2ccc(S(=O)(=O)C(F)(F)F)c3c2CC(F)C3=O)c[nH]c1=O. The smallest absolute Gasteiger partial charge is 0.327 e. The summed E-state index contributed by atoms with van der Waals surface area (Å²) < 4.78 is 76.2. The van der Waals surface area contributed by atoms with Crippen LogP contribution in [0.15, 0.2) is 34.1 Å². The van der Waals surface area contributed by atoms with Crippen LogP contribution in [0.1, 0.15) is 21.5 Å². The average Bonchev–Trinajstić information content (AvgIpc) is 2.89. The van der Waals surface area contributed by atoms with Crippen LogP contribution in [0.5, 0.6) is 0 Å². The Morgan fingerprint density at radius 1 is 1.22 bits per heavy atom. The van der Waals surface area contributed by atoms with Crippen LogP contribution in [0.4, 0.5) is 17.6 Å². The third kappa shape index (κ3) is 2.82. The number of nitriles is 1. The van der Waals surface area contributed by atoms with Gasteiger partial charge in [0.25, 0.3) is 15.4 Å². The Morgan fingerprint density at radius 3 is 2.48 bits per heavy atom. The van der Waals surface area contributed by atoms with Crippen molar-refractivity contribution < 1.29 is 30.8 Å². The van der Waals surface area contributed by atoms with E-state index in [0.29, 0.717) is 6.07 Å². The van der Waals surface area contributed by atoms with Crippen molar-refractivity contribution in [1.29, 1.82) is 5.26 Å². The van der Waals surface area contributed by atoms with Crippen molar-refractivity contribution in [3.05, 3.63) is 51.4 Å². The Labute approximate surface area is 149 Å². The molecular formula is C16H8F4N2O4S. The molecule has 0 spiro atoms. The summed E-state index contributed by atoms with van der Waals surface area (Å²) in [7, 11) is -5.87. The van der Waals surface area contributed by atoms with Crippen LogP contribution < -0.4 is 5.56 Å². The van der Waals surface area contributed by atoms with E-state index in [0.717, 1.165) is 18.3 Å². The zero-order valence-corrected chi connectivity index (χ0v) is 13.9. The molecule has 27 heavy (non-hydrogen) atoms. The Morgan fingerprint density at radius 2 is 1.89 bits per heavy atom. The minimum absolute atomic E-state index is 0.0485. The molecule has 6 nitrogen and oxygen atoms in total. The molecule has 1 aromatic carbocycles. The quantitative estimate of drug-likeness (QED) is 0.779. The van der Waals surface area contributed by atoms with Crippen LogP contribution in [0.3, 0.4) is 0 Å². The van der Waals surface area contributed by atoms with Gasteiger partial charge in [-0.05, 0) is 28.8 Å². The van der Waals surface area contributed by atoms with Gasteiger partial charge in [0.05, 0.1) is 4.90 Å². The second-order valence-corrected chi connectivity index (χ2v) is 7.60. The van der Waals surface area contributed by atoms with E-state index in [2.05, 4.69) is 4.98 Å². The number of nitrogens with zero attached hydrogens (tertiary/aromatic N) is 1. The lowest BCUT2D eigenvalue weighted by molar-refractivity contribution is -0.0436. The number of Topliss-reactive ketones (excluding diaryl/α,β-unsaturated/α-hetero) is 1. The van der Waals surface area contributed by atoms with Crippen LogP contribution in [-0.2, 0) is 16.3 Å². The van der Waals surface area contributed by atoms with Crippen LogP contribution in [0.25, 0.3) is 11.1 Å². The van der Waals surface area contributed by atoms with Gasteiger partial charge in [0, 0.05) is 18.2 Å². The van der Waals surface area contributed by atoms with Gasteiger partial charge in [-0.25, -0.2) is 12.8 Å². The van der Waals surface area contributed by atoms with E-state index in [1.165, 1.54) is 0 Å². The second-order valence-electron chi connectivity index (χ2n) is 5.69. The fourth-order valence-electron chi connectivity index (χ4n) is 2.88. The lowest BCUT2D eigenvalue weighted by atomic mass is 9.97. The van der Waals surface area contributed by atoms with Crippen molar-refractivity contribution in [2.24, 2.45) is 0 Å². The zero-order valence-electron chi connectivity index (χ0n) is 13.1. The fraction of sp³-hybridized carbons (Fsp3) is 0.188. The molecule has 1 aromatic heterocycles. The van der Waals surface area contributed by atoms with Crippen molar-refractivity contribution in [2.75, 3.05) is 0 Å². The maximum Gasteiger partial charge on any atom is 0.501 e. The molecule has 1 atom stereocenters. The van der Waals surface area contributed by atoms with E-state index in [4.69, 9.17) is 5.26 Å². The number of fused-ring (bicyclic) bond motifs is 1. The van der Waals surface area contributed by atoms with Crippen LogP contribution in [0.2, 0.25) is 0 Å². The first kappa shape index (κ1) is 18.8. The van der Waals surface area contributed by atoms with Gasteiger partial charge < -0.3 is 4.98 Å². The van der Waals surface area contributed by atoms with E-state index < -0.39 is 49.7 Å². The molecule has 1 aliphatic carbocycles. The number of aromatic nitrogens is 1. The molecule has 0 saturated heterocycles. The molecule has 0 bridgehead atoms. The number of alkyl halides is 4. The number of sulfone groups is 1. The van der Waals surface area contributed by atoms with Gasteiger partial charge in [0.15, 0.2) is 12.0 Å². The molecule has 1 N–H and O–H groups in total. The fourth-order valence-corrected chi connectivity index (χ4v) is 3.87. The predicted octanol–water partition coefficient (Wildman–Crippen LogP) is 2.28. The van der Waals surface area contributed by atoms with Crippen molar-refractivity contribution in [3.8, 4) is 17.2 Å². The molecule has 1 unspecified atom stereocenters. The number of carbonyl (C=O) groups excluding carboxylic acids is 1. The summed E-state index contributed by atoms with van der Waals surface area (Å²) in [6.45, 7) is 0. The molecule has 0 fully saturated rings. The molecule has 0 aliphatic heterocycles. The highest BCUT2D eigenvalue weighted by molar-refractivity contribution is 7.92. The summed E-state index contributed by atoms with van der Waals surface area (Å²) in [5.41, 5.74) is -7.60. The number of carbonyl (C=O) groups is 1. The van der Waals surface area contributed by atoms with Crippen LogP contribution >= 0.6 is 0 Å². The minimum Gasteiger partial charge on any atom is -0.327 e. The minimum atomic E-state index is -5.87. The standard InChI is InChI=1S/C16H8F4N2O4S/c17-11-4-10-9(8-3-7(5-21)15(24)22-6-8)1-2-12(13(10)14(11)23)27(25,26)16(18,19)20/h1-3,6,11H,4H2,(H,22,24). The summed E-state index contributed by atoms with van der Waals surface area (Å²) >= 11 is 0. The number of benzene rings is 1. The van der Waals surface area contributed by atoms with Crippen molar-refractivity contribution in [2.45, 2.75) is 23.0 Å². The van der Waals surface area contributed by atoms with Gasteiger partial charge in [-0.3, -0.25) is 9.59 Å². The summed E-state index contributed by atoms with van der Waals surface area (Å²) in [6, 6.07) is 4.29. The van der Waals surface area contributed by atoms with Crippen LogP contribution in [0, 0.1) is 11.3 Å². The molecule has 0 saturated carbocycles. The molecule has 2 aromatic rings. The predicted molar refractivity (Wildman–Crippen MR) is 83.4 cm³/mol. The third-order valence-corrected chi connectivity index (χ3v) is 5.65. The van der Waals surface area contributed by atoms with E-state index in [1.54, 1.807) is 6.07 Å². The molecule has 1 aliphatic rings. The number of aromatic amines is 1. The van der Waals surface area contributed by atoms with Crippen molar-refractivity contribution >= 4 is 15.6 Å². The maximum atomic E-state index is 13.9. The number of hydrogen-bond donors (Lipinski definition) is 1. The lowest BCUT2D eigenvalue weighted by Gasteiger charge is -2.14. The highest BCUT2D eigenvalue weighted by atomic mass is 32.2. The van der Waals surface area contributed by atoms with Gasteiger partial charge in [-0.15, -0.1) is 0 Å². The van der Waals surface area contributed by atoms with Gasteiger partial charge in [0.2, 0.25) is 0 Å². The summed E-state index contributed by atoms with van der Waals surface area (Å²) in [5.74, 6) is -1.36. The van der Waals surface area contributed by atoms with Gasteiger partial charge in [-0.1, -0.05) is 6.07 Å². The molecule has 0 radical (unpaired) electrons. The normalized spacial score (nSPS) is 16.9. The van der Waals surface area contributed by atoms with Crippen molar-refractivity contribution in [3.63, 3.8) is 0 Å². The van der Waals surface area contributed by atoms with E-state index in [9.17, 15) is 35.6 Å². The number of H-pyrrole nitrogens is 1. The Hall–Kier alpha value is -3.00. The molecule has 1 heterocycles. The number of nitrogens with one attached hydrogen (secondary N) is 1. The second kappa shape index (κ2) is 6.02. The van der Waals surface area contributed by atoms with Crippen LogP contribution in [-0.4, -0.2) is 30.9 Å². The topological polar surface area (TPSA) is 108 Å². The molecule has 11 heteroatoms. The molecular weight excluding hydrogens is 392 g/mol. The Balaban J connectivity index is 2.33. The van der Waals surface area contributed by atoms with Gasteiger partial charge >= 0.3 is 5.51 Å². The number of pyridine rings is 1. The van der Waals surface area contributed by atoms with E-state index in [-0.39, 0.29) is 22.3 Å². The zero-order chi connectivity index (χ0) is 20.1. The first-order valence-electron chi connectivity index (χ1n) is 7.27. The number of rotatable bonds is 2. The number of halogens is 4.